The summed E-state index contributed by atoms with van der Waals surface area (Å²) >= 11 is 0. The molecule has 33 heavy (non-hydrogen) atoms. The second-order valence-electron chi connectivity index (χ2n) is 7.80. The molecule has 10 heteroatoms. The van der Waals surface area contributed by atoms with Gasteiger partial charge in [-0.05, 0) is 43.5 Å². The number of rotatable bonds is 5. The van der Waals surface area contributed by atoms with Crippen LogP contribution in [0.1, 0.15) is 47.4 Å². The Balaban J connectivity index is 1.42. The molecule has 0 aliphatic carbocycles. The predicted molar refractivity (Wildman–Crippen MR) is 117 cm³/mol. The normalized spacial score (nSPS) is 15.7. The molecule has 4 heterocycles. The van der Waals surface area contributed by atoms with Gasteiger partial charge in [-0.3, -0.25) is 4.57 Å². The Kier molecular flexibility index (Phi) is 5.41. The maximum absolute atomic E-state index is 14.4. The van der Waals surface area contributed by atoms with E-state index in [4.69, 9.17) is 4.74 Å². The Morgan fingerprint density at radius 3 is 2.79 bits per heavy atom. The molecule has 0 saturated carbocycles. The van der Waals surface area contributed by atoms with Crippen molar-refractivity contribution < 1.29 is 13.5 Å². The number of fused-ring (bicyclic) bond motifs is 1. The molecular weight excluding hydrogens is 428 g/mol. The van der Waals surface area contributed by atoms with Gasteiger partial charge in [-0.25, -0.2) is 33.4 Å². The van der Waals surface area contributed by atoms with Gasteiger partial charge < -0.3 is 4.74 Å². The zero-order valence-corrected chi connectivity index (χ0v) is 18.1. The monoisotopic (exact) mass is 449 g/mol. The van der Waals surface area contributed by atoms with Gasteiger partial charge in [0.15, 0.2) is 5.82 Å². The Labute approximate surface area is 188 Å². The highest BCUT2D eigenvalue weighted by Crippen LogP contribution is 2.34. The standard InChI is InChI=1S/C23H21F2N7O/c1-14-12-31(13-27-14)22-23(33-2)28-16(11-26-22)6-8-20-29-21-18(4-3-9-32(21)30-20)17-7-5-15(24)10-19(17)25/h5-8,10-13,18H,3-4,9H2,1-2H3/b8-6+/t18-/m1/s1. The summed E-state index contributed by atoms with van der Waals surface area (Å²) in [7, 11) is 1.53. The van der Waals surface area contributed by atoms with Crippen LogP contribution in [0, 0.1) is 18.6 Å². The Morgan fingerprint density at radius 1 is 1.15 bits per heavy atom. The van der Waals surface area contributed by atoms with Crippen molar-refractivity contribution in [3.63, 3.8) is 0 Å². The van der Waals surface area contributed by atoms with E-state index in [1.807, 2.05) is 13.1 Å². The van der Waals surface area contributed by atoms with Crippen molar-refractivity contribution in [2.45, 2.75) is 32.2 Å². The summed E-state index contributed by atoms with van der Waals surface area (Å²) in [6, 6.07) is 3.67. The van der Waals surface area contributed by atoms with Gasteiger partial charge in [0.05, 0.1) is 24.7 Å². The fourth-order valence-corrected chi connectivity index (χ4v) is 3.99. The van der Waals surface area contributed by atoms with E-state index in [0.29, 0.717) is 41.1 Å². The maximum atomic E-state index is 14.4. The molecule has 5 rings (SSSR count). The molecule has 0 bridgehead atoms. The molecular formula is C23H21F2N7O. The number of imidazole rings is 1. The molecule has 0 saturated heterocycles. The van der Waals surface area contributed by atoms with Crippen LogP contribution < -0.4 is 4.74 Å². The van der Waals surface area contributed by atoms with Crippen molar-refractivity contribution in [2.24, 2.45) is 0 Å². The van der Waals surface area contributed by atoms with Crippen LogP contribution in [-0.4, -0.2) is 41.4 Å². The molecule has 1 aliphatic rings. The molecule has 0 unspecified atom stereocenters. The first kappa shape index (κ1) is 20.9. The van der Waals surface area contributed by atoms with Crippen LogP contribution in [0.3, 0.4) is 0 Å². The predicted octanol–water partition coefficient (Wildman–Crippen LogP) is 3.95. The Morgan fingerprint density at radius 2 is 2.03 bits per heavy atom. The van der Waals surface area contributed by atoms with Crippen LogP contribution >= 0.6 is 0 Å². The number of benzene rings is 1. The van der Waals surface area contributed by atoms with Gasteiger partial charge in [-0.1, -0.05) is 6.07 Å². The lowest BCUT2D eigenvalue weighted by molar-refractivity contribution is 0.393. The number of aromatic nitrogens is 7. The molecule has 4 aromatic rings. The molecule has 0 radical (unpaired) electrons. The number of methoxy groups -OCH3 is 1. The summed E-state index contributed by atoms with van der Waals surface area (Å²) in [5.74, 6) is 0.614. The summed E-state index contributed by atoms with van der Waals surface area (Å²) in [6.07, 6.45) is 10.1. The third-order valence-corrected chi connectivity index (χ3v) is 5.52. The zero-order chi connectivity index (χ0) is 22.9. The van der Waals surface area contributed by atoms with Crippen molar-refractivity contribution in [2.75, 3.05) is 7.11 Å². The summed E-state index contributed by atoms with van der Waals surface area (Å²) < 4.78 is 36.7. The van der Waals surface area contributed by atoms with Crippen molar-refractivity contribution in [1.82, 2.24) is 34.3 Å². The molecule has 168 valence electrons. The lowest BCUT2D eigenvalue weighted by atomic mass is 9.91. The average Bonchev–Trinajstić information content (AvgIpc) is 3.43. The third kappa shape index (κ3) is 4.11. The van der Waals surface area contributed by atoms with Gasteiger partial charge in [-0.2, -0.15) is 5.10 Å². The van der Waals surface area contributed by atoms with Gasteiger partial charge in [0.25, 0.3) is 5.88 Å². The van der Waals surface area contributed by atoms with E-state index < -0.39 is 11.6 Å². The van der Waals surface area contributed by atoms with Crippen LogP contribution in [-0.2, 0) is 6.54 Å². The van der Waals surface area contributed by atoms with Gasteiger partial charge in [-0.15, -0.1) is 0 Å². The highest BCUT2D eigenvalue weighted by atomic mass is 19.1. The van der Waals surface area contributed by atoms with E-state index in [1.165, 1.54) is 19.2 Å². The smallest absolute Gasteiger partial charge is 0.258 e. The SMILES string of the molecule is COc1nc(/C=C/c2nc3n(n2)CCC[C@@H]3c2ccc(F)cc2F)cnc1-n1cnc(C)c1. The summed E-state index contributed by atoms with van der Waals surface area (Å²) in [4.78, 5) is 17.7. The highest BCUT2D eigenvalue weighted by Gasteiger charge is 2.27. The van der Waals surface area contributed by atoms with Crippen LogP contribution in [0.4, 0.5) is 8.78 Å². The maximum Gasteiger partial charge on any atom is 0.258 e. The Bertz CT molecular complexity index is 1340. The van der Waals surface area contributed by atoms with Crippen LogP contribution in [0.15, 0.2) is 36.9 Å². The number of ether oxygens (including phenoxy) is 1. The second-order valence-corrected chi connectivity index (χ2v) is 7.80. The van der Waals surface area contributed by atoms with Crippen LogP contribution in [0.2, 0.25) is 0 Å². The lowest BCUT2D eigenvalue weighted by Gasteiger charge is -2.22. The fraction of sp³-hybridized carbons (Fsp3) is 0.261. The van der Waals surface area contributed by atoms with Crippen molar-refractivity contribution in [3.05, 3.63) is 77.2 Å². The van der Waals surface area contributed by atoms with Crippen molar-refractivity contribution in [3.8, 4) is 11.7 Å². The van der Waals surface area contributed by atoms with E-state index in [0.717, 1.165) is 24.6 Å². The van der Waals surface area contributed by atoms with Crippen LogP contribution in [0.25, 0.3) is 18.0 Å². The summed E-state index contributed by atoms with van der Waals surface area (Å²) in [6.45, 7) is 2.59. The van der Waals surface area contributed by atoms with Gasteiger partial charge >= 0.3 is 0 Å². The minimum absolute atomic E-state index is 0.271. The van der Waals surface area contributed by atoms with Gasteiger partial charge in [0, 0.05) is 24.7 Å². The number of hydrogen-bond acceptors (Lipinski definition) is 6. The number of halogens is 2. The summed E-state index contributed by atoms with van der Waals surface area (Å²) in [5, 5.41) is 4.53. The molecule has 0 N–H and O–H groups in total. The quantitative estimate of drug-likeness (QED) is 0.459. The minimum atomic E-state index is -0.595. The third-order valence-electron chi connectivity index (χ3n) is 5.52. The molecule has 0 spiro atoms. The van der Waals surface area contributed by atoms with E-state index in [-0.39, 0.29) is 5.92 Å². The lowest BCUT2D eigenvalue weighted by Crippen LogP contribution is -2.18. The zero-order valence-electron chi connectivity index (χ0n) is 18.1. The van der Waals surface area contributed by atoms with Crippen LogP contribution in [0.5, 0.6) is 5.88 Å². The summed E-state index contributed by atoms with van der Waals surface area (Å²) in [5.41, 5.74) is 1.86. The van der Waals surface area contributed by atoms with E-state index >= 15 is 0 Å². The van der Waals surface area contributed by atoms with Gasteiger partial charge in [0.1, 0.15) is 23.8 Å². The largest absolute Gasteiger partial charge is 0.478 e. The first-order valence-electron chi connectivity index (χ1n) is 10.5. The molecule has 0 fully saturated rings. The van der Waals surface area contributed by atoms with Gasteiger partial charge in [0.2, 0.25) is 5.82 Å². The first-order valence-corrected chi connectivity index (χ1v) is 10.5. The average molecular weight is 449 g/mol. The molecule has 3 aromatic heterocycles. The number of hydrogen-bond donors (Lipinski definition) is 0. The molecule has 8 nitrogen and oxygen atoms in total. The molecule has 0 amide bonds. The van der Waals surface area contributed by atoms with E-state index in [9.17, 15) is 8.78 Å². The fourth-order valence-electron chi connectivity index (χ4n) is 3.99. The van der Waals surface area contributed by atoms with E-state index in [1.54, 1.807) is 33.9 Å². The highest BCUT2D eigenvalue weighted by molar-refractivity contribution is 5.64. The minimum Gasteiger partial charge on any atom is -0.478 e. The van der Waals surface area contributed by atoms with Crippen molar-refractivity contribution in [1.29, 1.82) is 0 Å². The van der Waals surface area contributed by atoms with Crippen molar-refractivity contribution >= 4 is 12.2 Å². The molecule has 1 atom stereocenters. The molecule has 1 aromatic carbocycles. The number of aryl methyl sites for hydroxylation is 2. The first-order chi connectivity index (χ1) is 16.0. The van der Waals surface area contributed by atoms with E-state index in [2.05, 4.69) is 25.0 Å². The number of nitrogens with zero attached hydrogens (tertiary/aromatic N) is 7. The second kappa shape index (κ2) is 8.53. The molecule has 1 aliphatic heterocycles. The topological polar surface area (TPSA) is 83.5 Å². The Hall–Kier alpha value is -3.95.